The fourth-order valence-corrected chi connectivity index (χ4v) is 1.39. The van der Waals surface area contributed by atoms with Crippen molar-refractivity contribution in [3.63, 3.8) is 0 Å². The molecule has 11 heavy (non-hydrogen) atoms. The first kappa shape index (κ1) is 6.46. The van der Waals surface area contributed by atoms with Gasteiger partial charge in [0, 0.05) is 12.7 Å². The van der Waals surface area contributed by atoms with Gasteiger partial charge in [0.2, 0.25) is 0 Å². The summed E-state index contributed by atoms with van der Waals surface area (Å²) in [6.07, 6.45) is 3.85. The van der Waals surface area contributed by atoms with Crippen LogP contribution < -0.4 is 5.32 Å². The molecule has 1 aliphatic heterocycles. The Morgan fingerprint density at radius 2 is 2.36 bits per heavy atom. The van der Waals surface area contributed by atoms with Crippen LogP contribution in [0.5, 0.6) is 0 Å². The van der Waals surface area contributed by atoms with Gasteiger partial charge in [-0.15, -0.1) is 0 Å². The molecule has 0 fully saturated rings. The number of aromatic amines is 1. The van der Waals surface area contributed by atoms with Crippen LogP contribution in [0.3, 0.4) is 0 Å². The zero-order valence-corrected chi connectivity index (χ0v) is 6.18. The fourth-order valence-electron chi connectivity index (χ4n) is 1.39. The molecule has 0 unspecified atom stereocenters. The highest BCUT2D eigenvalue weighted by atomic mass is 16.1. The van der Waals surface area contributed by atoms with Crippen molar-refractivity contribution in [3.8, 4) is 0 Å². The Morgan fingerprint density at radius 3 is 3.27 bits per heavy atom. The Kier molecular flexibility index (Phi) is 1.42. The summed E-state index contributed by atoms with van der Waals surface area (Å²) in [6.45, 7) is 0.793. The highest BCUT2D eigenvalue weighted by molar-refractivity contribution is 5.94. The average Bonchev–Trinajstić information content (AvgIpc) is 2.40. The molecule has 1 aromatic heterocycles. The van der Waals surface area contributed by atoms with Gasteiger partial charge in [-0.2, -0.15) is 0 Å². The molecular weight excluding hydrogens is 140 g/mol. The van der Waals surface area contributed by atoms with Crippen LogP contribution in [0.15, 0.2) is 12.3 Å². The first-order valence-electron chi connectivity index (χ1n) is 3.82. The standard InChI is InChI=1S/C8H10N2O/c11-8-7-6(3-5-9-7)2-1-4-10-8/h3,5,9H,1-2,4H2,(H,10,11). The maximum Gasteiger partial charge on any atom is 0.267 e. The van der Waals surface area contributed by atoms with Crippen molar-refractivity contribution in [1.29, 1.82) is 0 Å². The number of fused-ring (bicyclic) bond motifs is 1. The second kappa shape index (κ2) is 2.42. The van der Waals surface area contributed by atoms with E-state index in [4.69, 9.17) is 0 Å². The number of H-pyrrole nitrogens is 1. The second-order valence-electron chi connectivity index (χ2n) is 2.74. The van der Waals surface area contributed by atoms with E-state index in [0.29, 0.717) is 0 Å². The molecule has 1 amide bonds. The topological polar surface area (TPSA) is 44.9 Å². The summed E-state index contributed by atoms with van der Waals surface area (Å²) in [5, 5.41) is 2.82. The van der Waals surface area contributed by atoms with Crippen molar-refractivity contribution in [2.24, 2.45) is 0 Å². The summed E-state index contributed by atoms with van der Waals surface area (Å²) in [6, 6.07) is 1.97. The number of aryl methyl sites for hydroxylation is 1. The molecule has 3 nitrogen and oxygen atoms in total. The van der Waals surface area contributed by atoms with Gasteiger partial charge in [-0.25, -0.2) is 0 Å². The molecule has 0 bridgehead atoms. The zero-order valence-electron chi connectivity index (χ0n) is 6.18. The van der Waals surface area contributed by atoms with Gasteiger partial charge in [0.15, 0.2) is 0 Å². The molecule has 0 spiro atoms. The van der Waals surface area contributed by atoms with E-state index >= 15 is 0 Å². The van der Waals surface area contributed by atoms with Crippen molar-refractivity contribution in [1.82, 2.24) is 10.3 Å². The Bertz CT molecular complexity index is 277. The van der Waals surface area contributed by atoms with Crippen molar-refractivity contribution in [3.05, 3.63) is 23.5 Å². The summed E-state index contributed by atoms with van der Waals surface area (Å²) in [5.41, 5.74) is 1.88. The van der Waals surface area contributed by atoms with Crippen LogP contribution in [0.2, 0.25) is 0 Å². The number of carbonyl (C=O) groups excluding carboxylic acids is 1. The molecule has 0 aromatic carbocycles. The number of hydrogen-bond acceptors (Lipinski definition) is 1. The van der Waals surface area contributed by atoms with E-state index in [9.17, 15) is 4.79 Å². The summed E-state index contributed by atoms with van der Waals surface area (Å²) in [5.74, 6) is 0.0301. The minimum Gasteiger partial charge on any atom is -0.357 e. The molecule has 0 aliphatic carbocycles. The summed E-state index contributed by atoms with van der Waals surface area (Å²) >= 11 is 0. The minimum absolute atomic E-state index is 0.0301. The molecule has 0 atom stereocenters. The Labute approximate surface area is 64.8 Å². The lowest BCUT2D eigenvalue weighted by molar-refractivity contribution is 0.0951. The van der Waals surface area contributed by atoms with Crippen LogP contribution in [0.4, 0.5) is 0 Å². The molecular formula is C8H10N2O. The number of amides is 1. The Morgan fingerprint density at radius 1 is 1.45 bits per heavy atom. The zero-order chi connectivity index (χ0) is 7.68. The molecule has 58 valence electrons. The maximum atomic E-state index is 11.2. The second-order valence-corrected chi connectivity index (χ2v) is 2.74. The Hall–Kier alpha value is -1.25. The van der Waals surface area contributed by atoms with Gasteiger partial charge in [-0.1, -0.05) is 0 Å². The van der Waals surface area contributed by atoms with Gasteiger partial charge in [-0.3, -0.25) is 4.79 Å². The van der Waals surface area contributed by atoms with Crippen LogP contribution in [0.25, 0.3) is 0 Å². The molecule has 1 aromatic rings. The maximum absolute atomic E-state index is 11.2. The number of aromatic nitrogens is 1. The quantitative estimate of drug-likeness (QED) is 0.561. The summed E-state index contributed by atoms with van der Waals surface area (Å²) in [7, 11) is 0. The summed E-state index contributed by atoms with van der Waals surface area (Å²) < 4.78 is 0. The first-order valence-corrected chi connectivity index (χ1v) is 3.82. The largest absolute Gasteiger partial charge is 0.357 e. The van der Waals surface area contributed by atoms with Crippen LogP contribution in [-0.2, 0) is 6.42 Å². The fraction of sp³-hybridized carbons (Fsp3) is 0.375. The lowest BCUT2D eigenvalue weighted by Crippen LogP contribution is -2.22. The van der Waals surface area contributed by atoms with Gasteiger partial charge in [0.25, 0.3) is 5.91 Å². The lowest BCUT2D eigenvalue weighted by atomic mass is 10.1. The van der Waals surface area contributed by atoms with Gasteiger partial charge in [0.1, 0.15) is 5.69 Å². The van der Waals surface area contributed by atoms with E-state index in [0.717, 1.165) is 30.6 Å². The van der Waals surface area contributed by atoms with Gasteiger partial charge in [0.05, 0.1) is 0 Å². The predicted molar refractivity (Wildman–Crippen MR) is 41.4 cm³/mol. The smallest absolute Gasteiger partial charge is 0.267 e. The lowest BCUT2D eigenvalue weighted by Gasteiger charge is -1.96. The predicted octanol–water partition coefficient (Wildman–Crippen LogP) is 0.691. The third-order valence-corrected chi connectivity index (χ3v) is 1.97. The third-order valence-electron chi connectivity index (χ3n) is 1.97. The summed E-state index contributed by atoms with van der Waals surface area (Å²) in [4.78, 5) is 14.2. The highest BCUT2D eigenvalue weighted by Gasteiger charge is 2.14. The monoisotopic (exact) mass is 150 g/mol. The molecule has 0 radical (unpaired) electrons. The minimum atomic E-state index is 0.0301. The van der Waals surface area contributed by atoms with E-state index in [1.807, 2.05) is 12.3 Å². The van der Waals surface area contributed by atoms with Crippen molar-refractivity contribution in [2.75, 3.05) is 6.54 Å². The normalized spacial score (nSPS) is 16.9. The number of nitrogens with one attached hydrogen (secondary N) is 2. The van der Waals surface area contributed by atoms with Crippen LogP contribution in [0, 0.1) is 0 Å². The molecule has 0 saturated carbocycles. The van der Waals surface area contributed by atoms with Gasteiger partial charge in [-0.05, 0) is 24.5 Å². The van der Waals surface area contributed by atoms with Crippen LogP contribution in [-0.4, -0.2) is 17.4 Å². The number of hydrogen-bond donors (Lipinski definition) is 2. The molecule has 3 heteroatoms. The van der Waals surface area contributed by atoms with E-state index in [-0.39, 0.29) is 5.91 Å². The molecule has 1 aliphatic rings. The number of rotatable bonds is 0. The van der Waals surface area contributed by atoms with Gasteiger partial charge < -0.3 is 10.3 Å². The van der Waals surface area contributed by atoms with Crippen LogP contribution in [0.1, 0.15) is 22.5 Å². The van der Waals surface area contributed by atoms with Crippen molar-refractivity contribution < 1.29 is 4.79 Å². The third kappa shape index (κ3) is 1.02. The first-order chi connectivity index (χ1) is 5.38. The van der Waals surface area contributed by atoms with E-state index < -0.39 is 0 Å². The van der Waals surface area contributed by atoms with Gasteiger partial charge >= 0.3 is 0 Å². The average molecular weight is 150 g/mol. The molecule has 2 heterocycles. The SMILES string of the molecule is O=C1NCCCc2cc[nH]c21. The van der Waals surface area contributed by atoms with Crippen molar-refractivity contribution >= 4 is 5.91 Å². The van der Waals surface area contributed by atoms with E-state index in [2.05, 4.69) is 10.3 Å². The molecule has 0 saturated heterocycles. The Balaban J connectivity index is 2.41. The molecule has 2 N–H and O–H groups in total. The molecule has 2 rings (SSSR count). The number of carbonyl (C=O) groups is 1. The highest BCUT2D eigenvalue weighted by Crippen LogP contribution is 2.11. The van der Waals surface area contributed by atoms with E-state index in [1.54, 1.807) is 0 Å². The van der Waals surface area contributed by atoms with E-state index in [1.165, 1.54) is 0 Å². The van der Waals surface area contributed by atoms with Crippen LogP contribution >= 0.6 is 0 Å². The van der Waals surface area contributed by atoms with Crippen molar-refractivity contribution in [2.45, 2.75) is 12.8 Å².